The van der Waals surface area contributed by atoms with Crippen LogP contribution in [0.2, 0.25) is 0 Å². The van der Waals surface area contributed by atoms with Gasteiger partial charge in [0, 0.05) is 31.8 Å². The highest BCUT2D eigenvalue weighted by Crippen LogP contribution is 2.17. The Morgan fingerprint density at radius 1 is 1.33 bits per heavy atom. The van der Waals surface area contributed by atoms with Crippen molar-refractivity contribution < 1.29 is 14.3 Å². The number of methoxy groups -OCH3 is 1. The molecule has 0 heterocycles. The smallest absolute Gasteiger partial charge is 0.225 e. The highest BCUT2D eigenvalue weighted by molar-refractivity contribution is 5.90. The molecule has 0 aromatic heterocycles. The minimum absolute atomic E-state index is 0.0154. The van der Waals surface area contributed by atoms with Gasteiger partial charge in [0.2, 0.25) is 5.91 Å². The highest BCUT2D eigenvalue weighted by atomic mass is 16.5. The van der Waals surface area contributed by atoms with E-state index in [0.29, 0.717) is 26.2 Å². The normalized spacial score (nSPS) is 10.1. The van der Waals surface area contributed by atoms with E-state index in [1.165, 1.54) is 0 Å². The molecule has 0 unspecified atom stereocenters. The summed E-state index contributed by atoms with van der Waals surface area (Å²) < 4.78 is 10.4. The van der Waals surface area contributed by atoms with Crippen molar-refractivity contribution in [3.8, 4) is 5.75 Å². The second kappa shape index (κ2) is 8.49. The van der Waals surface area contributed by atoms with Crippen LogP contribution in [0.25, 0.3) is 0 Å². The van der Waals surface area contributed by atoms with E-state index < -0.39 is 0 Å². The predicted octanol–water partition coefficient (Wildman–Crippen LogP) is 1.26. The third-order valence-corrected chi connectivity index (χ3v) is 2.28. The largest absolute Gasteiger partial charge is 0.491 e. The SMILES string of the molecule is CNCCC(=O)Nc1cccc(OCCOC)c1. The molecule has 18 heavy (non-hydrogen) atoms. The van der Waals surface area contributed by atoms with Crippen molar-refractivity contribution in [3.63, 3.8) is 0 Å². The van der Waals surface area contributed by atoms with E-state index in [9.17, 15) is 4.79 Å². The molecular weight excluding hydrogens is 232 g/mol. The minimum atomic E-state index is -0.0154. The molecule has 0 aliphatic rings. The van der Waals surface area contributed by atoms with Crippen molar-refractivity contribution in [3.05, 3.63) is 24.3 Å². The maximum absolute atomic E-state index is 11.5. The predicted molar refractivity (Wildman–Crippen MR) is 71.0 cm³/mol. The Balaban J connectivity index is 2.45. The summed E-state index contributed by atoms with van der Waals surface area (Å²) in [5.41, 5.74) is 0.742. The second-order valence-electron chi connectivity index (χ2n) is 3.77. The summed E-state index contributed by atoms with van der Waals surface area (Å²) in [7, 11) is 3.44. The third kappa shape index (κ3) is 5.65. The van der Waals surface area contributed by atoms with Crippen LogP contribution in [-0.2, 0) is 9.53 Å². The van der Waals surface area contributed by atoms with E-state index >= 15 is 0 Å². The number of carbonyl (C=O) groups excluding carboxylic acids is 1. The molecule has 0 radical (unpaired) electrons. The lowest BCUT2D eigenvalue weighted by Gasteiger charge is -2.08. The number of hydrogen-bond acceptors (Lipinski definition) is 4. The number of benzene rings is 1. The van der Waals surface area contributed by atoms with E-state index in [1.807, 2.05) is 25.2 Å². The van der Waals surface area contributed by atoms with Crippen LogP contribution in [0.1, 0.15) is 6.42 Å². The summed E-state index contributed by atoms with van der Waals surface area (Å²) in [6, 6.07) is 7.32. The summed E-state index contributed by atoms with van der Waals surface area (Å²) in [4.78, 5) is 11.5. The maximum Gasteiger partial charge on any atom is 0.225 e. The fourth-order valence-electron chi connectivity index (χ4n) is 1.37. The molecule has 1 rings (SSSR count). The van der Waals surface area contributed by atoms with Crippen LogP contribution in [0.15, 0.2) is 24.3 Å². The Kier molecular flexibility index (Phi) is 6.83. The first-order valence-electron chi connectivity index (χ1n) is 5.92. The number of rotatable bonds is 8. The van der Waals surface area contributed by atoms with Crippen molar-refractivity contribution in [2.45, 2.75) is 6.42 Å². The quantitative estimate of drug-likeness (QED) is 0.684. The lowest BCUT2D eigenvalue weighted by Crippen LogP contribution is -2.18. The summed E-state index contributed by atoms with van der Waals surface area (Å²) in [5, 5.41) is 5.75. The summed E-state index contributed by atoms with van der Waals surface area (Å²) in [6.07, 6.45) is 0.450. The molecule has 0 saturated carbocycles. The number of ether oxygens (including phenoxy) is 2. The Morgan fingerprint density at radius 3 is 2.89 bits per heavy atom. The van der Waals surface area contributed by atoms with Gasteiger partial charge in [0.15, 0.2) is 0 Å². The third-order valence-electron chi connectivity index (χ3n) is 2.28. The molecule has 100 valence electrons. The molecule has 1 aromatic rings. The Morgan fingerprint density at radius 2 is 2.17 bits per heavy atom. The zero-order valence-electron chi connectivity index (χ0n) is 10.9. The Bertz CT molecular complexity index is 369. The fraction of sp³-hybridized carbons (Fsp3) is 0.462. The van der Waals surface area contributed by atoms with Crippen molar-refractivity contribution in [1.82, 2.24) is 5.32 Å². The van der Waals surface area contributed by atoms with Crippen LogP contribution < -0.4 is 15.4 Å². The van der Waals surface area contributed by atoms with Gasteiger partial charge in [-0.1, -0.05) is 6.07 Å². The van der Waals surface area contributed by atoms with Gasteiger partial charge in [-0.15, -0.1) is 0 Å². The second-order valence-corrected chi connectivity index (χ2v) is 3.77. The monoisotopic (exact) mass is 252 g/mol. The van der Waals surface area contributed by atoms with Crippen LogP contribution in [0.3, 0.4) is 0 Å². The summed E-state index contributed by atoms with van der Waals surface area (Å²) in [6.45, 7) is 1.70. The fourth-order valence-corrected chi connectivity index (χ4v) is 1.37. The van der Waals surface area contributed by atoms with Crippen LogP contribution in [0, 0.1) is 0 Å². The number of nitrogens with one attached hydrogen (secondary N) is 2. The van der Waals surface area contributed by atoms with Crippen molar-refractivity contribution >= 4 is 11.6 Å². The Labute approximate surface area is 107 Å². The number of amides is 1. The van der Waals surface area contributed by atoms with Crippen molar-refractivity contribution in [2.75, 3.05) is 39.2 Å². The molecular formula is C13H20N2O3. The number of carbonyl (C=O) groups is 1. The van der Waals surface area contributed by atoms with Gasteiger partial charge in [-0.3, -0.25) is 4.79 Å². The highest BCUT2D eigenvalue weighted by Gasteiger charge is 2.02. The van der Waals surface area contributed by atoms with Crippen molar-refractivity contribution in [2.24, 2.45) is 0 Å². The van der Waals surface area contributed by atoms with Crippen molar-refractivity contribution in [1.29, 1.82) is 0 Å². The Hall–Kier alpha value is -1.59. The van der Waals surface area contributed by atoms with E-state index in [0.717, 1.165) is 11.4 Å². The van der Waals surface area contributed by atoms with Gasteiger partial charge in [-0.2, -0.15) is 0 Å². The van der Waals surface area contributed by atoms with E-state index in [4.69, 9.17) is 9.47 Å². The topological polar surface area (TPSA) is 59.6 Å². The molecule has 0 aliphatic heterocycles. The van der Waals surface area contributed by atoms with Crippen LogP contribution in [0.5, 0.6) is 5.75 Å². The van der Waals surface area contributed by atoms with Crippen LogP contribution in [0.4, 0.5) is 5.69 Å². The van der Waals surface area contributed by atoms with Gasteiger partial charge in [0.25, 0.3) is 0 Å². The summed E-state index contributed by atoms with van der Waals surface area (Å²) >= 11 is 0. The van der Waals surface area contributed by atoms with Gasteiger partial charge in [-0.05, 0) is 19.2 Å². The standard InChI is InChI=1S/C13H20N2O3/c1-14-7-6-13(16)15-11-4-3-5-12(10-11)18-9-8-17-2/h3-5,10,14H,6-9H2,1-2H3,(H,15,16). The minimum Gasteiger partial charge on any atom is -0.491 e. The molecule has 1 aromatic carbocycles. The number of anilines is 1. The van der Waals surface area contributed by atoms with Gasteiger partial charge < -0.3 is 20.1 Å². The average molecular weight is 252 g/mol. The zero-order valence-corrected chi connectivity index (χ0v) is 10.9. The molecule has 0 fully saturated rings. The lowest BCUT2D eigenvalue weighted by molar-refractivity contribution is -0.116. The molecule has 0 aliphatic carbocycles. The van der Waals surface area contributed by atoms with Gasteiger partial charge in [0.1, 0.15) is 12.4 Å². The van der Waals surface area contributed by atoms with Gasteiger partial charge >= 0.3 is 0 Å². The van der Waals surface area contributed by atoms with Gasteiger partial charge in [0.05, 0.1) is 6.61 Å². The maximum atomic E-state index is 11.5. The molecule has 0 spiro atoms. The number of hydrogen-bond donors (Lipinski definition) is 2. The molecule has 0 bridgehead atoms. The first-order valence-corrected chi connectivity index (χ1v) is 5.92. The van der Waals surface area contributed by atoms with E-state index in [-0.39, 0.29) is 5.91 Å². The van der Waals surface area contributed by atoms with Crippen LogP contribution >= 0.6 is 0 Å². The molecule has 0 saturated heterocycles. The summed E-state index contributed by atoms with van der Waals surface area (Å²) in [5.74, 6) is 0.705. The molecule has 0 atom stereocenters. The van der Waals surface area contributed by atoms with E-state index in [2.05, 4.69) is 10.6 Å². The van der Waals surface area contributed by atoms with Crippen LogP contribution in [-0.4, -0.2) is 39.8 Å². The zero-order chi connectivity index (χ0) is 13.2. The molecule has 2 N–H and O–H groups in total. The first-order chi connectivity index (χ1) is 8.76. The molecule has 1 amide bonds. The van der Waals surface area contributed by atoms with Gasteiger partial charge in [-0.25, -0.2) is 0 Å². The van der Waals surface area contributed by atoms with E-state index in [1.54, 1.807) is 13.2 Å². The molecule has 5 nitrogen and oxygen atoms in total. The first kappa shape index (κ1) is 14.5. The average Bonchev–Trinajstić information content (AvgIpc) is 2.37. The molecule has 5 heteroatoms. The lowest BCUT2D eigenvalue weighted by atomic mass is 10.3.